The molecule has 0 aliphatic rings. The van der Waals surface area contributed by atoms with Crippen LogP contribution in [0.25, 0.3) is 0 Å². The van der Waals surface area contributed by atoms with Crippen LogP contribution in [-0.2, 0) is 14.3 Å². The van der Waals surface area contributed by atoms with Crippen LogP contribution in [-0.4, -0.2) is 47.4 Å². The van der Waals surface area contributed by atoms with Crippen LogP contribution in [0.4, 0.5) is 0 Å². The Bertz CT molecular complexity index is 1260. The van der Waals surface area contributed by atoms with Gasteiger partial charge in [-0.15, -0.1) is 0 Å². The van der Waals surface area contributed by atoms with E-state index in [-0.39, 0.29) is 18.5 Å². The van der Waals surface area contributed by atoms with Crippen LogP contribution in [0.5, 0.6) is 0 Å². The number of aliphatic hydroxyl groups excluding tert-OH is 2. The molecule has 0 rings (SSSR count). The Morgan fingerprint density at radius 3 is 1.03 bits per heavy atom. The largest absolute Gasteiger partial charge is 0.466 e. The monoisotopic (exact) mass is 1050 g/mol. The molecule has 0 saturated carbocycles. The van der Waals surface area contributed by atoms with Crippen LogP contribution in [0.3, 0.4) is 0 Å². The SMILES string of the molecule is CCCCCCCC/C=C\CCCCCCCCCCCC(=O)OCCCCC/C=C\C=C/CCCCCCCCCCCCC(=O)NC(CO)C(O)/C=C/CCCCCCCCCCCCCCCCCCCC. The predicted octanol–water partition coefficient (Wildman–Crippen LogP) is 21.3. The minimum atomic E-state index is -0.853. The molecule has 0 fully saturated rings. The normalized spacial score (nSPS) is 12.9. The lowest BCUT2D eigenvalue weighted by Crippen LogP contribution is -2.45. The Morgan fingerprint density at radius 1 is 0.373 bits per heavy atom. The van der Waals surface area contributed by atoms with Gasteiger partial charge in [-0.3, -0.25) is 9.59 Å². The van der Waals surface area contributed by atoms with Crippen molar-refractivity contribution in [3.63, 3.8) is 0 Å². The van der Waals surface area contributed by atoms with Gasteiger partial charge in [-0.2, -0.15) is 0 Å². The van der Waals surface area contributed by atoms with E-state index in [4.69, 9.17) is 4.74 Å². The highest BCUT2D eigenvalue weighted by atomic mass is 16.5. The third-order valence-corrected chi connectivity index (χ3v) is 15.3. The number of ether oxygens (including phenoxy) is 1. The first-order chi connectivity index (χ1) is 37.0. The van der Waals surface area contributed by atoms with E-state index in [9.17, 15) is 19.8 Å². The van der Waals surface area contributed by atoms with Crippen molar-refractivity contribution in [1.29, 1.82) is 0 Å². The highest BCUT2D eigenvalue weighted by Crippen LogP contribution is 2.17. The first-order valence-electron chi connectivity index (χ1n) is 33.4. The molecule has 75 heavy (non-hydrogen) atoms. The Kier molecular flexibility index (Phi) is 62.5. The summed E-state index contributed by atoms with van der Waals surface area (Å²) in [5.41, 5.74) is 0. The molecule has 0 radical (unpaired) electrons. The van der Waals surface area contributed by atoms with Crippen LogP contribution >= 0.6 is 0 Å². The van der Waals surface area contributed by atoms with Crippen molar-refractivity contribution >= 4 is 11.9 Å². The smallest absolute Gasteiger partial charge is 0.305 e. The number of nitrogens with one attached hydrogen (secondary N) is 1. The lowest BCUT2D eigenvalue weighted by atomic mass is 10.0. The molecule has 0 aromatic carbocycles. The lowest BCUT2D eigenvalue weighted by molar-refractivity contribution is -0.143. The van der Waals surface area contributed by atoms with Gasteiger partial charge in [0.25, 0.3) is 0 Å². The molecule has 0 saturated heterocycles. The molecule has 440 valence electrons. The fraction of sp³-hybridized carbons (Fsp3) is 0.855. The van der Waals surface area contributed by atoms with Gasteiger partial charge in [-0.1, -0.05) is 300 Å². The fourth-order valence-electron chi connectivity index (χ4n) is 10.2. The second kappa shape index (κ2) is 64.3. The van der Waals surface area contributed by atoms with Crippen LogP contribution < -0.4 is 5.32 Å². The van der Waals surface area contributed by atoms with Crippen molar-refractivity contribution in [2.45, 2.75) is 366 Å². The van der Waals surface area contributed by atoms with E-state index >= 15 is 0 Å². The van der Waals surface area contributed by atoms with E-state index in [0.29, 0.717) is 19.4 Å². The third kappa shape index (κ3) is 60.9. The number of carbonyl (C=O) groups excluding carboxylic acids is 2. The van der Waals surface area contributed by atoms with Gasteiger partial charge in [0.15, 0.2) is 0 Å². The molecular weight excluding hydrogens is 923 g/mol. The molecule has 2 unspecified atom stereocenters. The second-order valence-electron chi connectivity index (χ2n) is 22.8. The van der Waals surface area contributed by atoms with Gasteiger partial charge < -0.3 is 20.3 Å². The van der Waals surface area contributed by atoms with Gasteiger partial charge in [-0.25, -0.2) is 0 Å². The van der Waals surface area contributed by atoms with Crippen molar-refractivity contribution < 1.29 is 24.5 Å². The van der Waals surface area contributed by atoms with Gasteiger partial charge in [0.1, 0.15) is 0 Å². The summed E-state index contributed by atoms with van der Waals surface area (Å²) in [5.74, 6) is -0.0900. The summed E-state index contributed by atoms with van der Waals surface area (Å²) >= 11 is 0. The molecule has 0 heterocycles. The van der Waals surface area contributed by atoms with Gasteiger partial charge >= 0.3 is 5.97 Å². The molecule has 3 N–H and O–H groups in total. The molecule has 0 aliphatic carbocycles. The molecule has 6 nitrogen and oxygen atoms in total. The molecule has 2 atom stereocenters. The standard InChI is InChI=1S/C69H129NO5/c1-3-5-7-9-11-13-15-17-19-21-23-26-29-33-37-41-45-49-53-57-61-67(72)66(65-71)70-68(73)62-58-54-50-46-42-38-34-30-27-24-28-32-36-40-44-48-52-56-60-64-75-69(74)63-59-55-51-47-43-39-35-31-25-22-20-18-16-14-12-10-8-6-4-2/h18,20,32,36,40,44,57,61,66-67,71-72H,3-17,19,21-31,33-35,37-39,41-43,45-56,58-60,62-65H2,1-2H3,(H,70,73)/b20-18-,36-32-,44-40-,61-57+. The zero-order valence-corrected chi connectivity index (χ0v) is 50.3. The van der Waals surface area contributed by atoms with Crippen molar-refractivity contribution in [2.24, 2.45) is 0 Å². The lowest BCUT2D eigenvalue weighted by Gasteiger charge is -2.20. The van der Waals surface area contributed by atoms with Crippen molar-refractivity contribution in [2.75, 3.05) is 13.2 Å². The number of aliphatic hydroxyl groups is 2. The maximum absolute atomic E-state index is 12.5. The van der Waals surface area contributed by atoms with Gasteiger partial charge in [0, 0.05) is 12.8 Å². The topological polar surface area (TPSA) is 95.9 Å². The number of amides is 1. The minimum absolute atomic E-state index is 0.0143. The van der Waals surface area contributed by atoms with Crippen molar-refractivity contribution in [1.82, 2.24) is 5.32 Å². The summed E-state index contributed by atoms with van der Waals surface area (Å²) < 4.78 is 5.47. The summed E-state index contributed by atoms with van der Waals surface area (Å²) in [6.45, 7) is 4.88. The second-order valence-corrected chi connectivity index (χ2v) is 22.8. The molecular formula is C69H129NO5. The van der Waals surface area contributed by atoms with Crippen LogP contribution in [0.2, 0.25) is 0 Å². The number of allylic oxidation sites excluding steroid dienone is 7. The fourth-order valence-corrected chi connectivity index (χ4v) is 10.2. The maximum Gasteiger partial charge on any atom is 0.305 e. The van der Waals surface area contributed by atoms with Crippen molar-refractivity contribution in [3.8, 4) is 0 Å². The van der Waals surface area contributed by atoms with Crippen molar-refractivity contribution in [3.05, 3.63) is 48.6 Å². The Labute approximate surface area is 467 Å². The molecule has 6 heteroatoms. The molecule has 0 bridgehead atoms. The summed E-state index contributed by atoms with van der Waals surface area (Å²) in [6.07, 6.45) is 83.1. The Balaban J connectivity index is 3.49. The van der Waals surface area contributed by atoms with E-state index < -0.39 is 12.1 Å². The van der Waals surface area contributed by atoms with Gasteiger partial charge in [-0.05, 0) is 89.9 Å². The molecule has 0 aliphatic heterocycles. The van der Waals surface area contributed by atoms with E-state index in [0.717, 1.165) is 77.0 Å². The van der Waals surface area contributed by atoms with E-state index in [1.807, 2.05) is 6.08 Å². The third-order valence-electron chi connectivity index (χ3n) is 15.3. The van der Waals surface area contributed by atoms with E-state index in [1.54, 1.807) is 6.08 Å². The quantitative estimate of drug-likeness (QED) is 0.0244. The van der Waals surface area contributed by atoms with E-state index in [1.165, 1.54) is 250 Å². The van der Waals surface area contributed by atoms with Crippen LogP contribution in [0, 0.1) is 0 Å². The predicted molar refractivity (Wildman–Crippen MR) is 329 cm³/mol. The summed E-state index contributed by atoms with van der Waals surface area (Å²) in [5, 5.41) is 23.2. The van der Waals surface area contributed by atoms with E-state index in [2.05, 4.69) is 55.6 Å². The zero-order chi connectivity index (χ0) is 54.3. The summed E-state index contributed by atoms with van der Waals surface area (Å²) in [6, 6.07) is -0.637. The maximum atomic E-state index is 12.5. The molecule has 0 aromatic heterocycles. The average Bonchev–Trinajstić information content (AvgIpc) is 3.41. The Hall–Kier alpha value is -2.18. The number of unbranched alkanes of at least 4 members (excludes halogenated alkanes) is 46. The number of rotatable bonds is 62. The molecule has 0 aromatic rings. The summed E-state index contributed by atoms with van der Waals surface area (Å²) in [4.78, 5) is 24.6. The zero-order valence-electron chi connectivity index (χ0n) is 50.3. The number of hydrogen-bond acceptors (Lipinski definition) is 5. The Morgan fingerprint density at radius 2 is 0.667 bits per heavy atom. The van der Waals surface area contributed by atoms with Crippen LogP contribution in [0.1, 0.15) is 354 Å². The number of esters is 1. The van der Waals surface area contributed by atoms with Crippen LogP contribution in [0.15, 0.2) is 48.6 Å². The molecule has 0 spiro atoms. The average molecular weight is 1050 g/mol. The minimum Gasteiger partial charge on any atom is -0.466 e. The van der Waals surface area contributed by atoms with Gasteiger partial charge in [0.2, 0.25) is 5.91 Å². The highest BCUT2D eigenvalue weighted by Gasteiger charge is 2.18. The number of carbonyl (C=O) groups is 2. The summed E-state index contributed by atoms with van der Waals surface area (Å²) in [7, 11) is 0. The highest BCUT2D eigenvalue weighted by molar-refractivity contribution is 5.76. The first kappa shape index (κ1) is 72.8. The molecule has 1 amide bonds. The first-order valence-corrected chi connectivity index (χ1v) is 33.4. The number of hydrogen-bond donors (Lipinski definition) is 3. The van der Waals surface area contributed by atoms with Gasteiger partial charge in [0.05, 0.1) is 25.4 Å².